The van der Waals surface area contributed by atoms with Crippen molar-refractivity contribution in [1.29, 1.82) is 0 Å². The van der Waals surface area contributed by atoms with Gasteiger partial charge in [-0.15, -0.1) is 0 Å². The Morgan fingerprint density at radius 2 is 1.72 bits per heavy atom. The smallest absolute Gasteiger partial charge is 0.177 e. The Kier molecular flexibility index (Phi) is 4.50. The predicted octanol–water partition coefficient (Wildman–Crippen LogP) is 3.31. The first-order chi connectivity index (χ1) is 8.75. The minimum Gasteiger partial charge on any atom is -0.293 e. The number of halogens is 1. The third-order valence-corrected chi connectivity index (χ3v) is 3.13. The van der Waals surface area contributed by atoms with Crippen LogP contribution >= 0.6 is 11.9 Å². The minimum atomic E-state index is -0.264. The van der Waals surface area contributed by atoms with Crippen LogP contribution in [0.4, 0.5) is 4.39 Å². The van der Waals surface area contributed by atoms with E-state index in [-0.39, 0.29) is 18.1 Å². The highest BCUT2D eigenvalue weighted by Gasteiger charge is 2.04. The highest BCUT2D eigenvalue weighted by atomic mass is 32.2. The Bertz CT molecular complexity index is 513. The van der Waals surface area contributed by atoms with Crippen LogP contribution in [0.1, 0.15) is 10.4 Å². The molecule has 0 unspecified atom stereocenters. The molecule has 2 aromatic carbocycles. The van der Waals surface area contributed by atoms with E-state index in [2.05, 4.69) is 4.72 Å². The molecular formula is C14H12FNOS. The Morgan fingerprint density at radius 3 is 2.39 bits per heavy atom. The van der Waals surface area contributed by atoms with Crippen LogP contribution in [0.25, 0.3) is 0 Å². The quantitative estimate of drug-likeness (QED) is 0.661. The van der Waals surface area contributed by atoms with Crippen molar-refractivity contribution in [2.75, 3.05) is 6.54 Å². The molecule has 0 atom stereocenters. The number of ketones is 1. The molecule has 0 saturated carbocycles. The summed E-state index contributed by atoms with van der Waals surface area (Å²) in [6.07, 6.45) is 0. The van der Waals surface area contributed by atoms with Crippen LogP contribution < -0.4 is 4.72 Å². The first-order valence-electron chi connectivity index (χ1n) is 5.49. The van der Waals surface area contributed by atoms with Gasteiger partial charge in [-0.1, -0.05) is 30.3 Å². The zero-order valence-corrected chi connectivity index (χ0v) is 10.4. The van der Waals surface area contributed by atoms with E-state index in [1.165, 1.54) is 24.1 Å². The van der Waals surface area contributed by atoms with Crippen LogP contribution in [0, 0.1) is 5.82 Å². The summed E-state index contributed by atoms with van der Waals surface area (Å²) >= 11 is 1.31. The molecule has 0 bridgehead atoms. The van der Waals surface area contributed by atoms with Gasteiger partial charge in [0.2, 0.25) is 0 Å². The largest absolute Gasteiger partial charge is 0.293 e. The number of nitrogens with one attached hydrogen (secondary N) is 1. The number of rotatable bonds is 5. The average Bonchev–Trinajstić information content (AvgIpc) is 2.42. The lowest BCUT2D eigenvalue weighted by Gasteiger charge is -2.03. The van der Waals surface area contributed by atoms with Gasteiger partial charge in [0.1, 0.15) is 5.82 Å². The summed E-state index contributed by atoms with van der Waals surface area (Å²) in [5.74, 6) is -0.232. The first kappa shape index (κ1) is 12.8. The van der Waals surface area contributed by atoms with Crippen molar-refractivity contribution in [3.63, 3.8) is 0 Å². The van der Waals surface area contributed by atoms with Crippen molar-refractivity contribution in [3.05, 3.63) is 66.0 Å². The third kappa shape index (κ3) is 3.68. The van der Waals surface area contributed by atoms with Crippen LogP contribution in [0.5, 0.6) is 0 Å². The summed E-state index contributed by atoms with van der Waals surface area (Å²) in [5, 5.41) is 0. The summed E-state index contributed by atoms with van der Waals surface area (Å²) < 4.78 is 15.6. The van der Waals surface area contributed by atoms with E-state index < -0.39 is 0 Å². The van der Waals surface area contributed by atoms with Crippen LogP contribution in [0.3, 0.4) is 0 Å². The summed E-state index contributed by atoms with van der Waals surface area (Å²) in [4.78, 5) is 12.6. The van der Waals surface area contributed by atoms with E-state index >= 15 is 0 Å². The standard InChI is InChI=1S/C14H12FNOS/c15-12-6-8-13(9-7-12)18-16-10-14(17)11-4-2-1-3-5-11/h1-9,16H,10H2. The van der Waals surface area contributed by atoms with Crippen molar-refractivity contribution < 1.29 is 9.18 Å². The van der Waals surface area contributed by atoms with Crippen molar-refractivity contribution in [2.45, 2.75) is 4.90 Å². The molecule has 2 nitrogen and oxygen atoms in total. The summed E-state index contributed by atoms with van der Waals surface area (Å²) in [5.41, 5.74) is 0.685. The monoisotopic (exact) mass is 261 g/mol. The van der Waals surface area contributed by atoms with Gasteiger partial charge in [0.25, 0.3) is 0 Å². The highest BCUT2D eigenvalue weighted by Crippen LogP contribution is 2.14. The maximum atomic E-state index is 12.7. The Morgan fingerprint density at radius 1 is 1.06 bits per heavy atom. The van der Waals surface area contributed by atoms with Crippen LogP contribution in [0.15, 0.2) is 59.5 Å². The lowest BCUT2D eigenvalue weighted by molar-refractivity contribution is 0.0998. The van der Waals surface area contributed by atoms with Crippen LogP contribution in [0.2, 0.25) is 0 Å². The van der Waals surface area contributed by atoms with E-state index in [9.17, 15) is 9.18 Å². The topological polar surface area (TPSA) is 29.1 Å². The molecule has 0 aliphatic rings. The van der Waals surface area contributed by atoms with E-state index in [0.29, 0.717) is 5.56 Å². The molecule has 0 fully saturated rings. The normalized spacial score (nSPS) is 10.3. The lowest BCUT2D eigenvalue weighted by atomic mass is 10.1. The summed E-state index contributed by atoms with van der Waals surface area (Å²) in [6.45, 7) is 0.242. The second kappa shape index (κ2) is 6.33. The first-order valence-corrected chi connectivity index (χ1v) is 6.31. The number of carbonyl (C=O) groups excluding carboxylic acids is 1. The van der Waals surface area contributed by atoms with Gasteiger partial charge in [0, 0.05) is 10.5 Å². The Balaban J connectivity index is 1.82. The molecule has 0 spiro atoms. The molecule has 1 N–H and O–H groups in total. The second-order valence-electron chi connectivity index (χ2n) is 3.67. The van der Waals surface area contributed by atoms with Gasteiger partial charge < -0.3 is 0 Å². The molecule has 0 aliphatic carbocycles. The minimum absolute atomic E-state index is 0.0326. The van der Waals surface area contributed by atoms with E-state index in [0.717, 1.165) is 4.90 Å². The maximum absolute atomic E-state index is 12.7. The van der Waals surface area contributed by atoms with Crippen molar-refractivity contribution >= 4 is 17.7 Å². The van der Waals surface area contributed by atoms with Crippen molar-refractivity contribution in [2.24, 2.45) is 0 Å². The van der Waals surface area contributed by atoms with Gasteiger partial charge >= 0.3 is 0 Å². The fourth-order valence-electron chi connectivity index (χ4n) is 1.41. The lowest BCUT2D eigenvalue weighted by Crippen LogP contribution is -2.16. The van der Waals surface area contributed by atoms with Gasteiger partial charge in [-0.3, -0.25) is 9.52 Å². The molecule has 4 heteroatoms. The molecule has 0 heterocycles. The van der Waals surface area contributed by atoms with Gasteiger partial charge in [-0.2, -0.15) is 0 Å². The van der Waals surface area contributed by atoms with E-state index in [4.69, 9.17) is 0 Å². The molecule has 18 heavy (non-hydrogen) atoms. The van der Waals surface area contributed by atoms with Gasteiger partial charge in [-0.05, 0) is 36.2 Å². The summed E-state index contributed by atoms with van der Waals surface area (Å²) in [7, 11) is 0. The maximum Gasteiger partial charge on any atom is 0.177 e. The zero-order valence-electron chi connectivity index (χ0n) is 9.60. The van der Waals surface area contributed by atoms with Crippen LogP contribution in [-0.2, 0) is 0 Å². The van der Waals surface area contributed by atoms with Crippen LogP contribution in [-0.4, -0.2) is 12.3 Å². The Hall–Kier alpha value is -1.65. The zero-order chi connectivity index (χ0) is 12.8. The number of carbonyl (C=O) groups is 1. The fraction of sp³-hybridized carbons (Fsp3) is 0.0714. The van der Waals surface area contributed by atoms with Crippen molar-refractivity contribution in [3.8, 4) is 0 Å². The molecule has 0 saturated heterocycles. The van der Waals surface area contributed by atoms with E-state index in [1.807, 2.05) is 18.2 Å². The third-order valence-electron chi connectivity index (χ3n) is 2.33. The molecule has 2 rings (SSSR count). The second-order valence-corrected chi connectivity index (χ2v) is 4.63. The van der Waals surface area contributed by atoms with Gasteiger partial charge in [0.05, 0.1) is 6.54 Å². The molecule has 0 aromatic heterocycles. The fourth-order valence-corrected chi connectivity index (χ4v) is 2.06. The number of Topliss-reactive ketones (excluding diaryl/α,β-unsaturated/α-hetero) is 1. The number of hydrogen-bond donors (Lipinski definition) is 1. The number of benzene rings is 2. The highest BCUT2D eigenvalue weighted by molar-refractivity contribution is 7.97. The average molecular weight is 261 g/mol. The SMILES string of the molecule is O=C(CNSc1ccc(F)cc1)c1ccccc1. The molecular weight excluding hydrogens is 249 g/mol. The summed E-state index contributed by atoms with van der Waals surface area (Å²) in [6, 6.07) is 15.2. The molecule has 92 valence electrons. The molecule has 0 radical (unpaired) electrons. The number of hydrogen-bond acceptors (Lipinski definition) is 3. The van der Waals surface area contributed by atoms with Crippen molar-refractivity contribution in [1.82, 2.24) is 4.72 Å². The van der Waals surface area contributed by atoms with Gasteiger partial charge in [-0.25, -0.2) is 4.39 Å². The molecule has 0 aliphatic heterocycles. The van der Waals surface area contributed by atoms with Gasteiger partial charge in [0.15, 0.2) is 5.78 Å². The predicted molar refractivity (Wildman–Crippen MR) is 71.0 cm³/mol. The Labute approximate surface area is 109 Å². The molecule has 2 aromatic rings. The molecule has 0 amide bonds. The van der Waals surface area contributed by atoms with E-state index in [1.54, 1.807) is 24.3 Å².